The predicted molar refractivity (Wildman–Crippen MR) is 174 cm³/mol. The zero-order chi connectivity index (χ0) is 36.0. The summed E-state index contributed by atoms with van der Waals surface area (Å²) in [5, 5.41) is 2.73. The quantitative estimate of drug-likeness (QED) is 0.160. The van der Waals surface area contributed by atoms with Crippen molar-refractivity contribution in [1.29, 1.82) is 0 Å². The maximum atomic E-state index is 14.1. The molecule has 1 saturated heterocycles. The second-order valence-corrected chi connectivity index (χ2v) is 15.1. The first kappa shape index (κ1) is 33.6. The molecule has 2 bridgehead atoms. The van der Waals surface area contributed by atoms with Gasteiger partial charge in [0.25, 0.3) is 5.91 Å². The van der Waals surface area contributed by atoms with Crippen molar-refractivity contribution in [2.24, 2.45) is 29.6 Å². The summed E-state index contributed by atoms with van der Waals surface area (Å²) in [4.78, 5) is 57.4. The van der Waals surface area contributed by atoms with Gasteiger partial charge in [0.05, 0.1) is 33.7 Å². The van der Waals surface area contributed by atoms with Gasteiger partial charge < -0.3 is 15.0 Å². The number of imide groups is 1. The van der Waals surface area contributed by atoms with E-state index in [1.807, 2.05) is 0 Å². The van der Waals surface area contributed by atoms with Gasteiger partial charge >= 0.3 is 17.2 Å². The zero-order valence-corrected chi connectivity index (χ0v) is 27.6. The van der Waals surface area contributed by atoms with Gasteiger partial charge in [-0.05, 0) is 60.6 Å². The van der Waals surface area contributed by atoms with Gasteiger partial charge in [0.1, 0.15) is 5.75 Å². The molecule has 0 radical (unpaired) electrons. The van der Waals surface area contributed by atoms with E-state index in [-0.39, 0.29) is 33.4 Å². The SMILES string of the molecule is O=C(COc1ccccc1[C@@H]1c2sc(=O)[nH]c2S[C@@H]2[C@@H]3C[C@@H]([C@@H]4C(=O)N(c5ccccc5C(F)(F)F)C(=O)[C@@H]34)[C@H]12)Nc1cccc(C(F)(F)F)c1. The third-order valence-electron chi connectivity index (χ3n) is 10.3. The number of anilines is 2. The Morgan fingerprint density at radius 1 is 0.882 bits per heavy atom. The van der Waals surface area contributed by atoms with E-state index in [1.165, 1.54) is 36.0 Å². The molecule has 16 heteroatoms. The fraction of sp³-hybridized carbons (Fsp3) is 0.314. The van der Waals surface area contributed by atoms with E-state index in [9.17, 15) is 45.5 Å². The molecule has 2 aliphatic carbocycles. The lowest BCUT2D eigenvalue weighted by atomic mass is 9.68. The zero-order valence-electron chi connectivity index (χ0n) is 26.0. The number of H-pyrrole nitrogens is 1. The van der Waals surface area contributed by atoms with Crippen LogP contribution in [0.5, 0.6) is 5.75 Å². The Morgan fingerprint density at radius 2 is 1.59 bits per heavy atom. The molecule has 7 atom stereocenters. The third kappa shape index (κ3) is 5.53. The Hall–Kier alpha value is -4.57. The number of nitrogens with one attached hydrogen (secondary N) is 2. The summed E-state index contributed by atoms with van der Waals surface area (Å²) in [6, 6.07) is 15.5. The van der Waals surface area contributed by atoms with Crippen LogP contribution in [0.25, 0.3) is 0 Å². The highest BCUT2D eigenvalue weighted by atomic mass is 32.2. The van der Waals surface area contributed by atoms with Crippen molar-refractivity contribution in [2.75, 3.05) is 16.8 Å². The monoisotopic (exact) mass is 745 g/mol. The van der Waals surface area contributed by atoms with Gasteiger partial charge in [-0.25, -0.2) is 4.90 Å². The highest BCUT2D eigenvalue weighted by Crippen LogP contribution is 2.69. The number of carbonyl (C=O) groups excluding carboxylic acids is 3. The predicted octanol–water partition coefficient (Wildman–Crippen LogP) is 7.17. The number of amides is 3. The first-order valence-corrected chi connectivity index (χ1v) is 17.5. The number of para-hydroxylation sites is 2. The molecule has 3 amide bonds. The summed E-state index contributed by atoms with van der Waals surface area (Å²) in [6.07, 6.45) is -8.91. The van der Waals surface area contributed by atoms with Gasteiger partial charge in [-0.1, -0.05) is 47.7 Å². The second kappa shape index (κ2) is 12.0. The van der Waals surface area contributed by atoms with Crippen LogP contribution in [0.1, 0.15) is 33.9 Å². The number of fused-ring (bicyclic) bond motifs is 9. The lowest BCUT2D eigenvalue weighted by molar-refractivity contribution is -0.138. The van der Waals surface area contributed by atoms with E-state index < -0.39 is 77.2 Å². The molecule has 2 N–H and O–H groups in total. The fourth-order valence-corrected chi connectivity index (χ4v) is 11.4. The van der Waals surface area contributed by atoms with Crippen LogP contribution in [0, 0.1) is 29.6 Å². The van der Waals surface area contributed by atoms with Crippen molar-refractivity contribution < 1.29 is 45.5 Å². The van der Waals surface area contributed by atoms with E-state index >= 15 is 0 Å². The van der Waals surface area contributed by atoms with Crippen LogP contribution >= 0.6 is 23.1 Å². The van der Waals surface area contributed by atoms with Crippen LogP contribution in [0.15, 0.2) is 82.6 Å². The standard InChI is InChI=1S/C35H25F6N3O5S2/c36-34(37,38)15-6-5-7-16(12-15)42-23(45)14-49-22-11-4-1-8-17(22)24-25-18-13-19(28(25)50-30-29(24)51-33(48)43-30)27-26(18)31(46)44(32(27)47)21-10-3-2-9-20(21)35(39,40)41/h1-12,18-19,24-28H,13-14H2,(H,42,45)(H,43,48)/t18-,19-,24+,25-,26+,27+,28-/m1/s1. The molecule has 3 heterocycles. The number of ether oxygens (including phenoxy) is 1. The first-order chi connectivity index (χ1) is 24.2. The lowest BCUT2D eigenvalue weighted by Crippen LogP contribution is -2.42. The molecule has 3 aromatic carbocycles. The number of carbonyl (C=O) groups is 3. The summed E-state index contributed by atoms with van der Waals surface area (Å²) in [7, 11) is 0. The Balaban J connectivity index is 1.11. The summed E-state index contributed by atoms with van der Waals surface area (Å²) in [5.41, 5.74) is -1.98. The molecule has 1 aromatic heterocycles. The average Bonchev–Trinajstić information content (AvgIpc) is 3.82. The highest BCUT2D eigenvalue weighted by molar-refractivity contribution is 8.00. The minimum Gasteiger partial charge on any atom is -0.483 e. The molecule has 2 saturated carbocycles. The summed E-state index contributed by atoms with van der Waals surface area (Å²) >= 11 is 2.39. The second-order valence-electron chi connectivity index (χ2n) is 12.9. The summed E-state index contributed by atoms with van der Waals surface area (Å²) in [5.74, 6) is -5.10. The molecule has 51 heavy (non-hydrogen) atoms. The van der Waals surface area contributed by atoms with Gasteiger partial charge in [-0.3, -0.25) is 19.2 Å². The number of thioether (sulfide) groups is 1. The number of hydrogen-bond donors (Lipinski definition) is 2. The molecular formula is C35H25F6N3O5S2. The van der Waals surface area contributed by atoms with Crippen molar-refractivity contribution in [3.05, 3.63) is 104 Å². The Labute approximate surface area is 293 Å². The van der Waals surface area contributed by atoms with E-state index in [4.69, 9.17) is 4.74 Å². The topological polar surface area (TPSA) is 109 Å². The number of halogens is 6. The first-order valence-electron chi connectivity index (χ1n) is 15.8. The number of alkyl halides is 6. The van der Waals surface area contributed by atoms with Gasteiger partial charge in [-0.2, -0.15) is 26.3 Å². The number of thiazole rings is 1. The molecule has 0 unspecified atom stereocenters. The molecule has 4 aromatic rings. The van der Waals surface area contributed by atoms with Gasteiger partial charge in [0.15, 0.2) is 6.61 Å². The minimum atomic E-state index is -4.79. The number of nitrogens with zero attached hydrogens (tertiary/aromatic N) is 1. The molecule has 4 aliphatic rings. The average molecular weight is 746 g/mol. The lowest BCUT2D eigenvalue weighted by Gasteiger charge is -2.43. The van der Waals surface area contributed by atoms with Crippen LogP contribution in [-0.4, -0.2) is 34.6 Å². The van der Waals surface area contributed by atoms with Crippen LogP contribution in [0.3, 0.4) is 0 Å². The van der Waals surface area contributed by atoms with Crippen molar-refractivity contribution in [3.63, 3.8) is 0 Å². The van der Waals surface area contributed by atoms with Crippen LogP contribution in [-0.2, 0) is 26.7 Å². The normalized spacial score (nSPS) is 26.5. The van der Waals surface area contributed by atoms with E-state index in [2.05, 4.69) is 10.3 Å². The fourth-order valence-electron chi connectivity index (χ4n) is 8.49. The van der Waals surface area contributed by atoms with E-state index in [0.29, 0.717) is 26.8 Å². The van der Waals surface area contributed by atoms with Crippen molar-refractivity contribution in [3.8, 4) is 5.75 Å². The van der Waals surface area contributed by atoms with Crippen LogP contribution < -0.4 is 19.8 Å². The van der Waals surface area contributed by atoms with Crippen molar-refractivity contribution in [1.82, 2.24) is 4.98 Å². The number of aromatic amines is 1. The van der Waals surface area contributed by atoms with Gasteiger partial charge in [-0.15, -0.1) is 11.8 Å². The smallest absolute Gasteiger partial charge is 0.418 e. The minimum absolute atomic E-state index is 0.0696. The Kier molecular flexibility index (Phi) is 7.90. The van der Waals surface area contributed by atoms with Crippen LogP contribution in [0.4, 0.5) is 37.7 Å². The maximum Gasteiger partial charge on any atom is 0.418 e. The maximum absolute atomic E-state index is 14.1. The Bertz CT molecular complexity index is 2150. The molecule has 2 aliphatic heterocycles. The van der Waals surface area contributed by atoms with Gasteiger partial charge in [0.2, 0.25) is 11.8 Å². The van der Waals surface area contributed by atoms with Crippen molar-refractivity contribution in [2.45, 2.75) is 35.0 Å². The molecule has 8 nitrogen and oxygen atoms in total. The summed E-state index contributed by atoms with van der Waals surface area (Å²) in [6.45, 7) is -0.559. The Morgan fingerprint density at radius 3 is 2.33 bits per heavy atom. The van der Waals surface area contributed by atoms with E-state index in [1.54, 1.807) is 24.3 Å². The molecule has 264 valence electrons. The molecular weight excluding hydrogens is 721 g/mol. The molecule has 0 spiro atoms. The van der Waals surface area contributed by atoms with Gasteiger partial charge in [0, 0.05) is 27.3 Å². The van der Waals surface area contributed by atoms with Crippen molar-refractivity contribution >= 4 is 52.2 Å². The summed E-state index contributed by atoms with van der Waals surface area (Å²) < 4.78 is 87.5. The highest BCUT2D eigenvalue weighted by Gasteiger charge is 2.70. The largest absolute Gasteiger partial charge is 0.483 e. The van der Waals surface area contributed by atoms with Crippen LogP contribution in [0.2, 0.25) is 0 Å². The van der Waals surface area contributed by atoms with E-state index in [0.717, 1.165) is 35.6 Å². The number of aromatic nitrogens is 1. The molecule has 3 fully saturated rings. The number of benzene rings is 3. The third-order valence-corrected chi connectivity index (χ3v) is 12.8. The molecule has 8 rings (SSSR count). The number of hydrogen-bond acceptors (Lipinski definition) is 7. The number of rotatable bonds is 6.